The Hall–Kier alpha value is -5.15. The molecule has 1 saturated carbocycles. The van der Waals surface area contributed by atoms with Crippen molar-refractivity contribution >= 4 is 62.5 Å². The minimum Gasteiger partial charge on any atom is -0.504 e. The van der Waals surface area contributed by atoms with Crippen molar-refractivity contribution in [2.75, 3.05) is 16.9 Å². The average Bonchev–Trinajstić information content (AvgIpc) is 3.55. The molecule has 0 bridgehead atoms. The molecular weight excluding hydrogens is 846 g/mol. The van der Waals surface area contributed by atoms with Gasteiger partial charge in [0.05, 0.1) is 52.8 Å². The Morgan fingerprint density at radius 3 is 2.07 bits per heavy atom. The number of benzene rings is 4. The van der Waals surface area contributed by atoms with Crippen LogP contribution in [-0.4, -0.2) is 35.8 Å². The van der Waals surface area contributed by atoms with E-state index in [1.807, 2.05) is 0 Å². The number of alkyl halides is 6. The van der Waals surface area contributed by atoms with Gasteiger partial charge in [0, 0.05) is 21.0 Å². The predicted molar refractivity (Wildman–Crippen MR) is 197 cm³/mol. The van der Waals surface area contributed by atoms with Gasteiger partial charge in [-0.2, -0.15) is 26.3 Å². The predicted octanol–water partition coefficient (Wildman–Crippen LogP) is 9.22. The molecule has 1 N–H and O–H groups in total. The number of phenolic OH excluding ortho intramolecular Hbond substituents is 1. The van der Waals surface area contributed by atoms with Crippen molar-refractivity contribution in [3.05, 3.63) is 128 Å². The first-order valence-corrected chi connectivity index (χ1v) is 18.7. The van der Waals surface area contributed by atoms with E-state index in [4.69, 9.17) is 16.3 Å². The van der Waals surface area contributed by atoms with E-state index in [9.17, 15) is 45.8 Å². The summed E-state index contributed by atoms with van der Waals surface area (Å²) in [6.45, 7) is 0. The Balaban J connectivity index is 1.35. The summed E-state index contributed by atoms with van der Waals surface area (Å²) < 4.78 is 89.5. The fourth-order valence-corrected chi connectivity index (χ4v) is 10.0. The van der Waals surface area contributed by atoms with E-state index in [-0.39, 0.29) is 46.7 Å². The van der Waals surface area contributed by atoms with Crippen LogP contribution in [0.2, 0.25) is 5.02 Å². The Morgan fingerprint density at radius 1 is 0.789 bits per heavy atom. The van der Waals surface area contributed by atoms with Crippen LogP contribution in [0.5, 0.6) is 11.5 Å². The van der Waals surface area contributed by atoms with Crippen molar-refractivity contribution in [3.63, 3.8) is 0 Å². The number of ether oxygens (including phenoxy) is 1. The molecule has 4 amide bonds. The van der Waals surface area contributed by atoms with Gasteiger partial charge in [0.2, 0.25) is 23.6 Å². The zero-order chi connectivity index (χ0) is 40.9. The minimum absolute atomic E-state index is 0.00215. The Labute approximate surface area is 333 Å². The second-order valence-corrected chi connectivity index (χ2v) is 15.8. The summed E-state index contributed by atoms with van der Waals surface area (Å²) in [7, 11) is 1.32. The molecule has 2 aliphatic heterocycles. The number of rotatable bonds is 5. The summed E-state index contributed by atoms with van der Waals surface area (Å²) in [4.78, 5) is 60.3. The molecule has 2 saturated heterocycles. The average molecular weight is 874 g/mol. The lowest BCUT2D eigenvalue weighted by atomic mass is 9.49. The summed E-state index contributed by atoms with van der Waals surface area (Å²) in [6, 6.07) is 18.1. The summed E-state index contributed by atoms with van der Waals surface area (Å²) in [6.07, 6.45) is -9.29. The molecule has 2 aliphatic carbocycles. The van der Waals surface area contributed by atoms with Crippen LogP contribution < -0.4 is 14.5 Å². The van der Waals surface area contributed by atoms with Gasteiger partial charge in [0.1, 0.15) is 0 Å². The molecule has 0 spiro atoms. The zero-order valence-electron chi connectivity index (χ0n) is 29.4. The first kappa shape index (κ1) is 38.7. The van der Waals surface area contributed by atoms with Crippen LogP contribution in [-0.2, 0) is 36.9 Å². The van der Waals surface area contributed by atoms with E-state index < -0.39 is 87.8 Å². The molecule has 2 heterocycles. The van der Waals surface area contributed by atoms with Gasteiger partial charge < -0.3 is 9.84 Å². The van der Waals surface area contributed by atoms with Gasteiger partial charge in [-0.1, -0.05) is 75.6 Å². The van der Waals surface area contributed by atoms with Crippen LogP contribution in [0.3, 0.4) is 0 Å². The molecule has 6 atom stereocenters. The molecule has 0 aromatic heterocycles. The van der Waals surface area contributed by atoms with E-state index in [1.54, 1.807) is 54.6 Å². The number of phenols is 1. The van der Waals surface area contributed by atoms with Crippen LogP contribution in [0.15, 0.2) is 101 Å². The molecule has 0 radical (unpaired) electrons. The van der Waals surface area contributed by atoms with Gasteiger partial charge in [-0.25, -0.2) is 9.80 Å². The highest BCUT2D eigenvalue weighted by Gasteiger charge is 2.70. The maximum absolute atomic E-state index is 15.4. The third-order valence-corrected chi connectivity index (χ3v) is 12.3. The molecule has 8 nitrogen and oxygen atoms in total. The second kappa shape index (κ2) is 13.5. The maximum atomic E-state index is 15.4. The van der Waals surface area contributed by atoms with Gasteiger partial charge in [0.25, 0.3) is 0 Å². The van der Waals surface area contributed by atoms with E-state index in [1.165, 1.54) is 25.3 Å². The van der Waals surface area contributed by atoms with Crippen LogP contribution >= 0.6 is 27.5 Å². The number of anilines is 2. The van der Waals surface area contributed by atoms with E-state index in [0.717, 1.165) is 4.90 Å². The largest absolute Gasteiger partial charge is 0.504 e. The number of carbonyl (C=O) groups is 4. The summed E-state index contributed by atoms with van der Waals surface area (Å²) in [5, 5.41) is 12.1. The Kier molecular flexibility index (Phi) is 9.15. The number of imide groups is 2. The van der Waals surface area contributed by atoms with E-state index in [2.05, 4.69) is 15.9 Å². The number of carbonyl (C=O) groups excluding carboxylic acids is 4. The smallest absolute Gasteiger partial charge is 0.416 e. The number of fused-ring (bicyclic) bond motifs is 4. The Bertz CT molecular complexity index is 2390. The lowest BCUT2D eigenvalue weighted by Gasteiger charge is -2.50. The van der Waals surface area contributed by atoms with Crippen molar-refractivity contribution < 1.29 is 55.4 Å². The fraction of sp³-hybridized carbons (Fsp3) is 0.268. The highest BCUT2D eigenvalue weighted by Crippen LogP contribution is 2.66. The molecule has 4 aromatic carbocycles. The van der Waals surface area contributed by atoms with Gasteiger partial charge in [-0.3, -0.25) is 19.2 Å². The van der Waals surface area contributed by atoms with Crippen molar-refractivity contribution in [1.82, 2.24) is 0 Å². The van der Waals surface area contributed by atoms with E-state index >= 15 is 4.79 Å². The molecule has 294 valence electrons. The van der Waals surface area contributed by atoms with Gasteiger partial charge in [-0.05, 0) is 72.9 Å². The summed E-state index contributed by atoms with van der Waals surface area (Å²) in [5.41, 5.74) is -5.07. The highest BCUT2D eigenvalue weighted by atomic mass is 79.9. The standard InChI is InChI=1S/C41H28BrClF6N2O6/c1-57-31-16-22(42)15-29(34(31)52)33-26-10-11-27-32(37(55)50(35(27)53)25-13-20(40(44,45)46)12-21(14-25)41(47,48)49)28(26)18-30-36(54)51(24-9-5-8-23(43)17-24)38(56)39(30,33)19-6-3-2-4-7-19/h2-10,12-17,27-28,30,32-33,52H,11,18H2,1H3/t27-,28+,30-,32-,33+,39+/m0/s1. The number of halogens is 8. The topological polar surface area (TPSA) is 104 Å². The van der Waals surface area contributed by atoms with Crippen molar-refractivity contribution in [2.45, 2.75) is 36.5 Å². The third kappa shape index (κ3) is 5.86. The number of allylic oxidation sites excluding steroid dienone is 2. The SMILES string of the molecule is COc1cc(Br)cc([C@H]2C3=CC[C@@H]4C(=O)N(c5cc(C(F)(F)F)cc(C(F)(F)F)c5)C(=O)[C@@H]4[C@@H]3C[C@H]3C(=O)N(c4cccc(Cl)c4)C(=O)[C@@]23c2ccccc2)c1O. The number of aromatic hydroxyl groups is 1. The van der Waals surface area contributed by atoms with Crippen molar-refractivity contribution in [2.24, 2.45) is 23.7 Å². The second-order valence-electron chi connectivity index (χ2n) is 14.4. The monoisotopic (exact) mass is 872 g/mol. The molecule has 16 heteroatoms. The first-order valence-electron chi connectivity index (χ1n) is 17.5. The van der Waals surface area contributed by atoms with Gasteiger partial charge in [0.15, 0.2) is 11.5 Å². The lowest BCUT2D eigenvalue weighted by Crippen LogP contribution is -2.53. The Morgan fingerprint density at radius 2 is 1.46 bits per heavy atom. The minimum atomic E-state index is -5.25. The molecule has 57 heavy (non-hydrogen) atoms. The molecule has 4 aromatic rings. The number of hydrogen-bond acceptors (Lipinski definition) is 6. The highest BCUT2D eigenvalue weighted by molar-refractivity contribution is 9.10. The number of nitrogens with zero attached hydrogens (tertiary/aromatic N) is 2. The zero-order valence-corrected chi connectivity index (χ0v) is 31.7. The van der Waals surface area contributed by atoms with E-state index in [0.29, 0.717) is 32.6 Å². The number of hydrogen-bond donors (Lipinski definition) is 1. The van der Waals surface area contributed by atoms with Crippen LogP contribution in [0.1, 0.15) is 41.0 Å². The van der Waals surface area contributed by atoms with Crippen LogP contribution in [0, 0.1) is 23.7 Å². The third-order valence-electron chi connectivity index (χ3n) is 11.6. The molecule has 8 rings (SSSR count). The van der Waals surface area contributed by atoms with Crippen molar-refractivity contribution in [3.8, 4) is 11.5 Å². The summed E-state index contributed by atoms with van der Waals surface area (Å²) in [5.74, 6) is -9.95. The van der Waals surface area contributed by atoms with Gasteiger partial charge in [-0.15, -0.1) is 0 Å². The van der Waals surface area contributed by atoms with Crippen LogP contribution in [0.25, 0.3) is 0 Å². The molecule has 4 aliphatic rings. The maximum Gasteiger partial charge on any atom is 0.416 e. The van der Waals surface area contributed by atoms with Gasteiger partial charge >= 0.3 is 12.4 Å². The fourth-order valence-electron chi connectivity index (χ4n) is 9.38. The normalized spacial score (nSPS) is 26.0. The van der Waals surface area contributed by atoms with Crippen LogP contribution in [0.4, 0.5) is 37.7 Å². The first-order chi connectivity index (χ1) is 26.9. The summed E-state index contributed by atoms with van der Waals surface area (Å²) >= 11 is 9.79. The number of methoxy groups -OCH3 is 1. The molecular formula is C41H28BrClF6N2O6. The quantitative estimate of drug-likeness (QED) is 0.122. The molecule has 0 unspecified atom stereocenters. The molecule has 3 fully saturated rings. The van der Waals surface area contributed by atoms with Crippen molar-refractivity contribution in [1.29, 1.82) is 0 Å². The number of amides is 4. The lowest BCUT2D eigenvalue weighted by molar-refractivity contribution is -0.143.